The lowest BCUT2D eigenvalue weighted by Crippen LogP contribution is -2.01. The van der Waals surface area contributed by atoms with Crippen LogP contribution < -0.4 is 5.56 Å². The summed E-state index contributed by atoms with van der Waals surface area (Å²) in [4.78, 5) is 21.0. The first-order chi connectivity index (χ1) is 6.83. The van der Waals surface area contributed by atoms with Gasteiger partial charge >= 0.3 is 0 Å². The molecule has 0 radical (unpaired) electrons. The van der Waals surface area contributed by atoms with Crippen LogP contribution in [0.15, 0.2) is 35.4 Å². The SMILES string of the molecule is O=c1ccc2cc3[nH]cnc3cc2[nH]1. The lowest BCUT2D eigenvalue weighted by molar-refractivity contribution is 1.31. The first kappa shape index (κ1) is 7.32. The highest BCUT2D eigenvalue weighted by Gasteiger charge is 1.99. The van der Waals surface area contributed by atoms with Gasteiger partial charge in [-0.3, -0.25) is 4.79 Å². The summed E-state index contributed by atoms with van der Waals surface area (Å²) in [7, 11) is 0. The summed E-state index contributed by atoms with van der Waals surface area (Å²) in [6, 6.07) is 7.15. The summed E-state index contributed by atoms with van der Waals surface area (Å²) in [5.41, 5.74) is 2.56. The van der Waals surface area contributed by atoms with E-state index in [-0.39, 0.29) is 5.56 Å². The Labute approximate surface area is 78.6 Å². The van der Waals surface area contributed by atoms with E-state index in [1.165, 1.54) is 6.07 Å². The van der Waals surface area contributed by atoms with E-state index >= 15 is 0 Å². The second-order valence-electron chi connectivity index (χ2n) is 3.18. The smallest absolute Gasteiger partial charge is 0.248 e. The standard InChI is InChI=1S/C10H7N3O/c14-10-2-1-6-3-8-9(12-5-11-8)4-7(6)13-10/h1-5H,(H,11,12)(H,13,14). The van der Waals surface area contributed by atoms with Crippen molar-refractivity contribution in [2.24, 2.45) is 0 Å². The zero-order valence-corrected chi connectivity index (χ0v) is 7.24. The van der Waals surface area contributed by atoms with Crippen LogP contribution in [-0.4, -0.2) is 15.0 Å². The van der Waals surface area contributed by atoms with E-state index in [9.17, 15) is 4.79 Å². The van der Waals surface area contributed by atoms with Crippen LogP contribution in [0.5, 0.6) is 0 Å². The lowest BCUT2D eigenvalue weighted by atomic mass is 10.2. The molecule has 0 aliphatic heterocycles. The minimum Gasteiger partial charge on any atom is -0.345 e. The molecule has 0 fully saturated rings. The van der Waals surface area contributed by atoms with Gasteiger partial charge in [-0.15, -0.1) is 0 Å². The predicted octanol–water partition coefficient (Wildman–Crippen LogP) is 1.40. The van der Waals surface area contributed by atoms with Gasteiger partial charge in [-0.05, 0) is 18.2 Å². The molecule has 14 heavy (non-hydrogen) atoms. The van der Waals surface area contributed by atoms with E-state index in [4.69, 9.17) is 0 Å². The zero-order valence-electron chi connectivity index (χ0n) is 7.24. The Hall–Kier alpha value is -2.10. The highest BCUT2D eigenvalue weighted by molar-refractivity contribution is 5.92. The molecule has 2 N–H and O–H groups in total. The molecule has 3 rings (SSSR count). The fourth-order valence-corrected chi connectivity index (χ4v) is 1.58. The number of imidazole rings is 1. The molecule has 2 aromatic heterocycles. The summed E-state index contributed by atoms with van der Waals surface area (Å²) in [5.74, 6) is 0. The third-order valence-electron chi connectivity index (χ3n) is 2.26. The van der Waals surface area contributed by atoms with Crippen LogP contribution in [0.3, 0.4) is 0 Å². The summed E-state index contributed by atoms with van der Waals surface area (Å²) >= 11 is 0. The van der Waals surface area contributed by atoms with E-state index in [1.54, 1.807) is 12.4 Å². The van der Waals surface area contributed by atoms with Crippen molar-refractivity contribution < 1.29 is 0 Å². The first-order valence-electron chi connectivity index (χ1n) is 4.29. The molecule has 4 nitrogen and oxygen atoms in total. The molecule has 0 atom stereocenters. The number of fused-ring (bicyclic) bond motifs is 2. The maximum atomic E-state index is 11.1. The van der Waals surface area contributed by atoms with Crippen LogP contribution in [0.1, 0.15) is 0 Å². The molecule has 68 valence electrons. The van der Waals surface area contributed by atoms with Crippen molar-refractivity contribution in [3.63, 3.8) is 0 Å². The molecule has 0 aliphatic carbocycles. The Bertz CT molecular complexity index is 665. The molecule has 0 amide bonds. The van der Waals surface area contributed by atoms with Crippen molar-refractivity contribution in [1.29, 1.82) is 0 Å². The Morgan fingerprint density at radius 2 is 2.07 bits per heavy atom. The largest absolute Gasteiger partial charge is 0.345 e. The summed E-state index contributed by atoms with van der Waals surface area (Å²) in [6.45, 7) is 0. The molecule has 0 saturated carbocycles. The van der Waals surface area contributed by atoms with Gasteiger partial charge in [-0.1, -0.05) is 0 Å². The second kappa shape index (κ2) is 2.45. The maximum Gasteiger partial charge on any atom is 0.248 e. The van der Waals surface area contributed by atoms with Gasteiger partial charge < -0.3 is 9.97 Å². The highest BCUT2D eigenvalue weighted by Crippen LogP contribution is 2.16. The van der Waals surface area contributed by atoms with Crippen molar-refractivity contribution in [2.45, 2.75) is 0 Å². The number of aromatic amines is 2. The van der Waals surface area contributed by atoms with Gasteiger partial charge in [0.25, 0.3) is 0 Å². The number of nitrogens with zero attached hydrogens (tertiary/aromatic N) is 1. The van der Waals surface area contributed by atoms with Gasteiger partial charge in [0.2, 0.25) is 5.56 Å². The first-order valence-corrected chi connectivity index (χ1v) is 4.29. The Morgan fingerprint density at radius 1 is 1.14 bits per heavy atom. The molecule has 1 aromatic carbocycles. The van der Waals surface area contributed by atoms with E-state index in [2.05, 4.69) is 15.0 Å². The maximum absolute atomic E-state index is 11.1. The number of benzene rings is 1. The van der Waals surface area contributed by atoms with Gasteiger partial charge in [0.05, 0.1) is 22.9 Å². The topological polar surface area (TPSA) is 61.5 Å². The number of hydrogen-bond acceptors (Lipinski definition) is 2. The Morgan fingerprint density at radius 3 is 3.00 bits per heavy atom. The second-order valence-corrected chi connectivity index (χ2v) is 3.18. The van der Waals surface area contributed by atoms with Crippen LogP contribution in [0.4, 0.5) is 0 Å². The molecule has 3 aromatic rings. The van der Waals surface area contributed by atoms with E-state index in [1.807, 2.05) is 12.1 Å². The van der Waals surface area contributed by atoms with Gasteiger partial charge in [0, 0.05) is 11.5 Å². The molecule has 2 heterocycles. The molecular weight excluding hydrogens is 178 g/mol. The fraction of sp³-hybridized carbons (Fsp3) is 0. The highest BCUT2D eigenvalue weighted by atomic mass is 16.1. The van der Waals surface area contributed by atoms with E-state index in [0.29, 0.717) is 0 Å². The van der Waals surface area contributed by atoms with E-state index < -0.39 is 0 Å². The van der Waals surface area contributed by atoms with Gasteiger partial charge in [0.1, 0.15) is 0 Å². The molecule has 0 bridgehead atoms. The summed E-state index contributed by atoms with van der Waals surface area (Å²) in [5, 5.41) is 1.00. The lowest BCUT2D eigenvalue weighted by Gasteiger charge is -1.96. The van der Waals surface area contributed by atoms with Crippen LogP contribution in [0, 0.1) is 0 Å². The van der Waals surface area contributed by atoms with E-state index in [0.717, 1.165) is 21.9 Å². The molecule has 0 spiro atoms. The van der Waals surface area contributed by atoms with Crippen molar-refractivity contribution in [3.05, 3.63) is 40.9 Å². The normalized spacial score (nSPS) is 11.1. The number of pyridine rings is 1. The van der Waals surface area contributed by atoms with Crippen LogP contribution >= 0.6 is 0 Å². The van der Waals surface area contributed by atoms with Crippen LogP contribution in [0.25, 0.3) is 21.9 Å². The number of hydrogen-bond donors (Lipinski definition) is 2. The molecule has 0 aliphatic rings. The van der Waals surface area contributed by atoms with Crippen LogP contribution in [-0.2, 0) is 0 Å². The van der Waals surface area contributed by atoms with Crippen molar-refractivity contribution in [1.82, 2.24) is 15.0 Å². The Kier molecular flexibility index (Phi) is 1.28. The zero-order chi connectivity index (χ0) is 9.54. The fourth-order valence-electron chi connectivity index (χ4n) is 1.58. The summed E-state index contributed by atoms with van der Waals surface area (Å²) in [6.07, 6.45) is 1.64. The summed E-state index contributed by atoms with van der Waals surface area (Å²) < 4.78 is 0. The monoisotopic (exact) mass is 185 g/mol. The van der Waals surface area contributed by atoms with Crippen molar-refractivity contribution >= 4 is 21.9 Å². The predicted molar refractivity (Wildman–Crippen MR) is 54.2 cm³/mol. The third-order valence-corrected chi connectivity index (χ3v) is 2.26. The minimum absolute atomic E-state index is 0.0904. The van der Waals surface area contributed by atoms with Gasteiger partial charge in [-0.25, -0.2) is 4.98 Å². The number of rotatable bonds is 0. The molecular formula is C10H7N3O. The molecule has 4 heteroatoms. The van der Waals surface area contributed by atoms with Crippen molar-refractivity contribution in [3.8, 4) is 0 Å². The van der Waals surface area contributed by atoms with Gasteiger partial charge in [-0.2, -0.15) is 0 Å². The quantitative estimate of drug-likeness (QED) is 0.556. The Balaban J connectivity index is 2.56. The molecule has 0 saturated heterocycles. The number of nitrogens with one attached hydrogen (secondary N) is 2. The third kappa shape index (κ3) is 0.939. The van der Waals surface area contributed by atoms with Crippen molar-refractivity contribution in [2.75, 3.05) is 0 Å². The van der Waals surface area contributed by atoms with Gasteiger partial charge in [0.15, 0.2) is 0 Å². The number of aromatic nitrogens is 3. The average Bonchev–Trinajstić information content (AvgIpc) is 2.61. The average molecular weight is 185 g/mol. The number of H-pyrrole nitrogens is 2. The minimum atomic E-state index is -0.0904. The van der Waals surface area contributed by atoms with Crippen LogP contribution in [0.2, 0.25) is 0 Å². The molecule has 0 unspecified atom stereocenters.